The number of nitrogens with zero attached hydrogens (tertiary/aromatic N) is 1. The van der Waals surface area contributed by atoms with Crippen LogP contribution in [0.3, 0.4) is 0 Å². The lowest BCUT2D eigenvalue weighted by Crippen LogP contribution is -2.30. The highest BCUT2D eigenvalue weighted by Crippen LogP contribution is 2.18. The Kier molecular flexibility index (Phi) is 5.91. The molecule has 0 spiro atoms. The number of likely N-dealkylation sites (N-methyl/N-ethyl adjacent to an activating group) is 1. The summed E-state index contributed by atoms with van der Waals surface area (Å²) in [5, 5.41) is 0. The number of hydrogen-bond acceptors (Lipinski definition) is 1. The number of carbonyl (C=O) groups excluding carboxylic acids is 1. The van der Waals surface area contributed by atoms with E-state index >= 15 is 0 Å². The predicted octanol–water partition coefficient (Wildman–Crippen LogP) is 3.16. The first-order valence-electron chi connectivity index (χ1n) is 6.37. The van der Waals surface area contributed by atoms with E-state index in [0.717, 1.165) is 19.5 Å². The van der Waals surface area contributed by atoms with E-state index in [4.69, 9.17) is 0 Å². The third-order valence-electron chi connectivity index (χ3n) is 3.08. The summed E-state index contributed by atoms with van der Waals surface area (Å²) in [4.78, 5) is 13.4. The van der Waals surface area contributed by atoms with Gasteiger partial charge in [-0.2, -0.15) is 0 Å². The van der Waals surface area contributed by atoms with Crippen LogP contribution in [0.1, 0.15) is 39.5 Å². The zero-order valence-corrected chi connectivity index (χ0v) is 10.5. The number of rotatable bonds is 5. The van der Waals surface area contributed by atoms with E-state index in [-0.39, 0.29) is 5.91 Å². The van der Waals surface area contributed by atoms with Gasteiger partial charge in [0.25, 0.3) is 0 Å². The molecule has 0 saturated heterocycles. The molecule has 0 aromatic heterocycles. The second-order valence-corrected chi connectivity index (χ2v) is 4.26. The lowest BCUT2D eigenvalue weighted by atomic mass is 9.94. The highest BCUT2D eigenvalue weighted by molar-refractivity contribution is 5.75. The molecule has 0 aromatic carbocycles. The molecule has 0 fully saturated rings. The number of amides is 1. The molecular formula is C14H23NO. The van der Waals surface area contributed by atoms with Crippen LogP contribution in [0.2, 0.25) is 0 Å². The molecule has 2 heteroatoms. The molecule has 0 radical (unpaired) electrons. The van der Waals surface area contributed by atoms with Gasteiger partial charge in [-0.25, -0.2) is 0 Å². The van der Waals surface area contributed by atoms with E-state index < -0.39 is 0 Å². The van der Waals surface area contributed by atoms with Crippen LogP contribution in [0.5, 0.6) is 0 Å². The van der Waals surface area contributed by atoms with Crippen LogP contribution in [0.15, 0.2) is 24.3 Å². The van der Waals surface area contributed by atoms with E-state index in [9.17, 15) is 4.79 Å². The van der Waals surface area contributed by atoms with Crippen molar-refractivity contribution in [1.82, 2.24) is 4.90 Å². The largest absolute Gasteiger partial charge is 0.339 e. The minimum absolute atomic E-state index is 0.246. The molecule has 1 amide bonds. The Morgan fingerprint density at radius 3 is 2.81 bits per heavy atom. The van der Waals surface area contributed by atoms with Crippen molar-refractivity contribution in [2.75, 3.05) is 13.1 Å². The summed E-state index contributed by atoms with van der Waals surface area (Å²) in [7, 11) is 0. The van der Waals surface area contributed by atoms with Gasteiger partial charge in [-0.3, -0.25) is 4.79 Å². The molecule has 0 aromatic rings. The van der Waals surface area contributed by atoms with E-state index in [1.807, 2.05) is 18.7 Å². The van der Waals surface area contributed by atoms with E-state index in [1.54, 1.807) is 0 Å². The van der Waals surface area contributed by atoms with Crippen molar-refractivity contribution in [2.45, 2.75) is 39.5 Å². The van der Waals surface area contributed by atoms with Crippen LogP contribution in [0, 0.1) is 5.92 Å². The molecule has 0 N–H and O–H groups in total. The van der Waals surface area contributed by atoms with E-state index in [1.165, 1.54) is 12.8 Å². The standard InChI is InChI=1S/C14H23NO/c1-3-14(16)15(4-2)12-8-11-13-9-6-5-7-10-13/h5-6,8,11,13H,3-4,7,9-10,12H2,1-2H3/b11-8-. The quantitative estimate of drug-likeness (QED) is 0.653. The van der Waals surface area contributed by atoms with Crippen molar-refractivity contribution in [3.8, 4) is 0 Å². The Balaban J connectivity index is 2.33. The fourth-order valence-electron chi connectivity index (χ4n) is 2.00. The molecular weight excluding hydrogens is 198 g/mol. The molecule has 0 heterocycles. The van der Waals surface area contributed by atoms with Gasteiger partial charge in [-0.15, -0.1) is 0 Å². The minimum atomic E-state index is 0.246. The second kappa shape index (κ2) is 7.26. The molecule has 1 aliphatic carbocycles. The number of allylic oxidation sites excluding steroid dienone is 3. The molecule has 1 atom stereocenters. The SMILES string of the molecule is CCC(=O)N(CC)C/C=C\C1CC=CCC1. The minimum Gasteiger partial charge on any atom is -0.339 e. The van der Waals surface area contributed by atoms with Gasteiger partial charge in [-0.05, 0) is 32.1 Å². The smallest absolute Gasteiger partial charge is 0.222 e. The van der Waals surface area contributed by atoms with Crippen LogP contribution < -0.4 is 0 Å². The lowest BCUT2D eigenvalue weighted by Gasteiger charge is -2.19. The summed E-state index contributed by atoms with van der Waals surface area (Å²) in [6.07, 6.45) is 13.1. The molecule has 90 valence electrons. The van der Waals surface area contributed by atoms with Crippen LogP contribution in [-0.4, -0.2) is 23.9 Å². The van der Waals surface area contributed by atoms with Crippen molar-refractivity contribution < 1.29 is 4.79 Å². The Labute approximate surface area is 99.0 Å². The summed E-state index contributed by atoms with van der Waals surface area (Å²) in [6, 6.07) is 0. The molecule has 1 rings (SSSR count). The maximum absolute atomic E-state index is 11.5. The van der Waals surface area contributed by atoms with Crippen LogP contribution in [0.4, 0.5) is 0 Å². The van der Waals surface area contributed by atoms with Gasteiger partial charge in [0.1, 0.15) is 0 Å². The highest BCUT2D eigenvalue weighted by atomic mass is 16.2. The van der Waals surface area contributed by atoms with Gasteiger partial charge >= 0.3 is 0 Å². The third-order valence-corrected chi connectivity index (χ3v) is 3.08. The lowest BCUT2D eigenvalue weighted by molar-refractivity contribution is -0.130. The Morgan fingerprint density at radius 2 is 2.25 bits per heavy atom. The molecule has 2 nitrogen and oxygen atoms in total. The fraction of sp³-hybridized carbons (Fsp3) is 0.643. The second-order valence-electron chi connectivity index (χ2n) is 4.26. The first-order chi connectivity index (χ1) is 7.77. The Morgan fingerprint density at radius 1 is 1.44 bits per heavy atom. The Bertz CT molecular complexity index is 268. The molecule has 0 aliphatic heterocycles. The third kappa shape index (κ3) is 4.21. The van der Waals surface area contributed by atoms with E-state index in [0.29, 0.717) is 12.3 Å². The maximum Gasteiger partial charge on any atom is 0.222 e. The van der Waals surface area contributed by atoms with Crippen molar-refractivity contribution in [3.63, 3.8) is 0 Å². The van der Waals surface area contributed by atoms with E-state index in [2.05, 4.69) is 24.3 Å². The molecule has 0 saturated carbocycles. The average molecular weight is 221 g/mol. The maximum atomic E-state index is 11.5. The van der Waals surface area contributed by atoms with Gasteiger partial charge in [0, 0.05) is 19.5 Å². The first-order valence-corrected chi connectivity index (χ1v) is 6.37. The van der Waals surface area contributed by atoms with Crippen molar-refractivity contribution in [1.29, 1.82) is 0 Å². The monoisotopic (exact) mass is 221 g/mol. The average Bonchev–Trinajstić information content (AvgIpc) is 2.35. The molecule has 1 unspecified atom stereocenters. The van der Waals surface area contributed by atoms with Crippen LogP contribution in [-0.2, 0) is 4.79 Å². The summed E-state index contributed by atoms with van der Waals surface area (Å²) in [5.41, 5.74) is 0. The summed E-state index contributed by atoms with van der Waals surface area (Å²) in [6.45, 7) is 5.52. The van der Waals surface area contributed by atoms with Gasteiger partial charge in [-0.1, -0.05) is 31.2 Å². The van der Waals surface area contributed by atoms with Gasteiger partial charge in [0.05, 0.1) is 0 Å². The van der Waals surface area contributed by atoms with Gasteiger partial charge < -0.3 is 4.90 Å². The van der Waals surface area contributed by atoms with Gasteiger partial charge in [0.2, 0.25) is 5.91 Å². The van der Waals surface area contributed by atoms with Crippen LogP contribution >= 0.6 is 0 Å². The van der Waals surface area contributed by atoms with Crippen molar-refractivity contribution in [3.05, 3.63) is 24.3 Å². The zero-order chi connectivity index (χ0) is 11.8. The number of hydrogen-bond donors (Lipinski definition) is 0. The molecule has 1 aliphatic rings. The Hall–Kier alpha value is -1.05. The highest BCUT2D eigenvalue weighted by Gasteiger charge is 2.08. The zero-order valence-electron chi connectivity index (χ0n) is 10.5. The fourth-order valence-corrected chi connectivity index (χ4v) is 2.00. The van der Waals surface area contributed by atoms with Crippen LogP contribution in [0.25, 0.3) is 0 Å². The molecule has 0 bridgehead atoms. The van der Waals surface area contributed by atoms with Crippen molar-refractivity contribution >= 4 is 5.91 Å². The predicted molar refractivity (Wildman–Crippen MR) is 68.2 cm³/mol. The first kappa shape index (κ1) is 13.0. The van der Waals surface area contributed by atoms with Crippen molar-refractivity contribution in [2.24, 2.45) is 5.92 Å². The summed E-state index contributed by atoms with van der Waals surface area (Å²) in [5.74, 6) is 0.927. The van der Waals surface area contributed by atoms with Gasteiger partial charge in [0.15, 0.2) is 0 Å². The summed E-state index contributed by atoms with van der Waals surface area (Å²) >= 11 is 0. The number of carbonyl (C=O) groups is 1. The normalized spacial score (nSPS) is 20.2. The molecule has 16 heavy (non-hydrogen) atoms. The summed E-state index contributed by atoms with van der Waals surface area (Å²) < 4.78 is 0. The topological polar surface area (TPSA) is 20.3 Å².